The smallest absolute Gasteiger partial charge is 0.193 e. The van der Waals surface area contributed by atoms with Crippen LogP contribution in [0.15, 0.2) is 59.3 Å². The normalized spacial score (nSPS) is 12.2. The lowest BCUT2D eigenvalue weighted by molar-refractivity contribution is 0.613. The van der Waals surface area contributed by atoms with E-state index in [0.717, 1.165) is 21.9 Å². The number of hydrogen-bond donors (Lipinski definition) is 2. The minimum atomic E-state index is -3.45. The number of sulfone groups is 1. The Hall–Kier alpha value is -2.53. The van der Waals surface area contributed by atoms with Gasteiger partial charge in [0.1, 0.15) is 0 Å². The van der Waals surface area contributed by atoms with Crippen LogP contribution < -0.4 is 11.5 Å². The van der Waals surface area contributed by atoms with Crippen LogP contribution in [0.3, 0.4) is 0 Å². The van der Waals surface area contributed by atoms with Crippen molar-refractivity contribution in [3.05, 3.63) is 70.5 Å². The Morgan fingerprint density at radius 2 is 1.19 bits per heavy atom. The van der Waals surface area contributed by atoms with Gasteiger partial charge >= 0.3 is 0 Å². The summed E-state index contributed by atoms with van der Waals surface area (Å²) in [6.45, 7) is 0. The number of nitrogen functional groups attached to an aromatic ring is 2. The minimum absolute atomic E-state index is 0.588. The second-order valence-corrected chi connectivity index (χ2v) is 6.26. The molecule has 2 rings (SSSR count). The molecule has 5 heteroatoms. The Bertz CT molecular complexity index is 732. The highest BCUT2D eigenvalue weighted by Crippen LogP contribution is 2.12. The van der Waals surface area contributed by atoms with Crippen LogP contribution in [-0.4, -0.2) is 8.42 Å². The van der Waals surface area contributed by atoms with Crippen molar-refractivity contribution in [1.29, 1.82) is 0 Å². The van der Waals surface area contributed by atoms with Crippen LogP contribution in [0.25, 0.3) is 12.2 Å². The first-order valence-electron chi connectivity index (χ1n) is 6.27. The third-order valence-corrected chi connectivity index (χ3v) is 3.75. The van der Waals surface area contributed by atoms with Gasteiger partial charge < -0.3 is 11.5 Å². The van der Waals surface area contributed by atoms with Gasteiger partial charge in [-0.1, -0.05) is 24.3 Å². The molecule has 0 bridgehead atoms. The van der Waals surface area contributed by atoms with E-state index in [0.29, 0.717) is 11.4 Å². The summed E-state index contributed by atoms with van der Waals surface area (Å²) in [5, 5.41) is 2.29. The topological polar surface area (TPSA) is 86.2 Å². The molecule has 0 atom stereocenters. The Kier molecular flexibility index (Phi) is 4.45. The van der Waals surface area contributed by atoms with E-state index in [9.17, 15) is 8.42 Å². The van der Waals surface area contributed by atoms with Crippen LogP contribution in [0.4, 0.5) is 11.4 Å². The summed E-state index contributed by atoms with van der Waals surface area (Å²) in [7, 11) is -3.45. The zero-order valence-corrected chi connectivity index (χ0v) is 12.1. The lowest BCUT2D eigenvalue weighted by atomic mass is 10.2. The van der Waals surface area contributed by atoms with Crippen LogP contribution >= 0.6 is 0 Å². The summed E-state index contributed by atoms with van der Waals surface area (Å²) in [5.74, 6) is 0. The third-order valence-electron chi connectivity index (χ3n) is 2.72. The molecule has 0 aromatic heterocycles. The largest absolute Gasteiger partial charge is 0.399 e. The fourth-order valence-electron chi connectivity index (χ4n) is 1.72. The van der Waals surface area contributed by atoms with Gasteiger partial charge in [0.2, 0.25) is 0 Å². The maximum Gasteiger partial charge on any atom is 0.193 e. The van der Waals surface area contributed by atoms with Crippen LogP contribution in [0.1, 0.15) is 11.1 Å². The van der Waals surface area contributed by atoms with Gasteiger partial charge in [0.25, 0.3) is 0 Å². The lowest BCUT2D eigenvalue weighted by Crippen LogP contribution is -1.89. The van der Waals surface area contributed by atoms with Crippen molar-refractivity contribution in [1.82, 2.24) is 0 Å². The first-order chi connectivity index (χ1) is 9.94. The fourth-order valence-corrected chi connectivity index (χ4v) is 2.50. The molecule has 0 radical (unpaired) electrons. The minimum Gasteiger partial charge on any atom is -0.399 e. The highest BCUT2D eigenvalue weighted by molar-refractivity contribution is 7.97. The molecule has 0 saturated carbocycles. The van der Waals surface area contributed by atoms with Crippen molar-refractivity contribution >= 4 is 33.4 Å². The maximum absolute atomic E-state index is 11.9. The number of anilines is 2. The second-order valence-electron chi connectivity index (χ2n) is 4.53. The highest BCUT2D eigenvalue weighted by Gasteiger charge is 2.00. The molecule has 0 aliphatic rings. The lowest BCUT2D eigenvalue weighted by Gasteiger charge is -1.96. The average Bonchev–Trinajstić information content (AvgIpc) is 2.44. The van der Waals surface area contributed by atoms with E-state index >= 15 is 0 Å². The molecule has 0 aliphatic carbocycles. The van der Waals surface area contributed by atoms with Crippen LogP contribution in [0.5, 0.6) is 0 Å². The van der Waals surface area contributed by atoms with E-state index < -0.39 is 9.84 Å². The van der Waals surface area contributed by atoms with Crippen LogP contribution in [0, 0.1) is 0 Å². The Balaban J connectivity index is 2.15. The summed E-state index contributed by atoms with van der Waals surface area (Å²) in [5.41, 5.74) is 13.9. The molecule has 0 heterocycles. The molecule has 0 amide bonds. The molecule has 0 aliphatic heterocycles. The molecule has 0 saturated heterocycles. The molecule has 4 nitrogen and oxygen atoms in total. The molecule has 2 aromatic rings. The number of benzene rings is 2. The molecule has 21 heavy (non-hydrogen) atoms. The van der Waals surface area contributed by atoms with E-state index in [1.807, 2.05) is 0 Å². The molecule has 0 unspecified atom stereocenters. The van der Waals surface area contributed by atoms with Crippen LogP contribution in [-0.2, 0) is 9.84 Å². The first-order valence-corrected chi connectivity index (χ1v) is 7.88. The average molecular weight is 300 g/mol. The quantitative estimate of drug-likeness (QED) is 0.850. The molecular weight excluding hydrogens is 284 g/mol. The molecular formula is C16H16N2O2S. The van der Waals surface area contributed by atoms with Gasteiger partial charge in [-0.25, -0.2) is 8.42 Å². The standard InChI is InChI=1S/C16H16N2O2S/c17-15-5-1-3-13(11-15)7-9-21(19,20)10-8-14-4-2-6-16(18)12-14/h1-12H,17-18H2. The predicted octanol–water partition coefficient (Wildman–Crippen LogP) is 2.91. The summed E-state index contributed by atoms with van der Waals surface area (Å²) in [6.07, 6.45) is 3.02. The van der Waals surface area contributed by atoms with Gasteiger partial charge in [-0.3, -0.25) is 0 Å². The Morgan fingerprint density at radius 1 is 0.762 bits per heavy atom. The van der Waals surface area contributed by atoms with E-state index in [1.54, 1.807) is 48.5 Å². The van der Waals surface area contributed by atoms with Crippen molar-refractivity contribution < 1.29 is 8.42 Å². The molecule has 108 valence electrons. The van der Waals surface area contributed by atoms with Gasteiger partial charge in [-0.05, 0) is 47.5 Å². The number of hydrogen-bond acceptors (Lipinski definition) is 4. The van der Waals surface area contributed by atoms with Crippen LogP contribution in [0.2, 0.25) is 0 Å². The molecule has 4 N–H and O–H groups in total. The van der Waals surface area contributed by atoms with Gasteiger partial charge in [0.05, 0.1) is 0 Å². The summed E-state index contributed by atoms with van der Waals surface area (Å²) in [4.78, 5) is 0. The second kappa shape index (κ2) is 6.28. The van der Waals surface area contributed by atoms with E-state index in [1.165, 1.54) is 12.2 Å². The van der Waals surface area contributed by atoms with Gasteiger partial charge in [-0.2, -0.15) is 0 Å². The third kappa shape index (κ3) is 4.81. The SMILES string of the molecule is Nc1cccc(C=CS(=O)(=O)C=Cc2cccc(N)c2)c1. The summed E-state index contributed by atoms with van der Waals surface area (Å²) in [6, 6.07) is 14.0. The predicted molar refractivity (Wildman–Crippen MR) is 88.7 cm³/mol. The van der Waals surface area contributed by atoms with Crippen molar-refractivity contribution in [3.8, 4) is 0 Å². The number of rotatable bonds is 4. The molecule has 2 aromatic carbocycles. The zero-order valence-electron chi connectivity index (χ0n) is 11.3. The van der Waals surface area contributed by atoms with Gasteiger partial charge in [0, 0.05) is 22.2 Å². The Labute approximate surface area is 124 Å². The van der Waals surface area contributed by atoms with E-state index in [-0.39, 0.29) is 0 Å². The number of nitrogens with two attached hydrogens (primary N) is 2. The molecule has 0 spiro atoms. The van der Waals surface area contributed by atoms with E-state index in [4.69, 9.17) is 11.5 Å². The maximum atomic E-state index is 11.9. The van der Waals surface area contributed by atoms with Crippen molar-refractivity contribution in [3.63, 3.8) is 0 Å². The van der Waals surface area contributed by atoms with Crippen molar-refractivity contribution in [2.24, 2.45) is 0 Å². The van der Waals surface area contributed by atoms with E-state index in [2.05, 4.69) is 0 Å². The van der Waals surface area contributed by atoms with Crippen molar-refractivity contribution in [2.45, 2.75) is 0 Å². The van der Waals surface area contributed by atoms with Gasteiger partial charge in [0.15, 0.2) is 9.84 Å². The van der Waals surface area contributed by atoms with Crippen molar-refractivity contribution in [2.75, 3.05) is 11.5 Å². The summed E-state index contributed by atoms with van der Waals surface area (Å²) < 4.78 is 23.8. The van der Waals surface area contributed by atoms with Gasteiger partial charge in [-0.15, -0.1) is 0 Å². The summed E-state index contributed by atoms with van der Waals surface area (Å²) >= 11 is 0. The molecule has 0 fully saturated rings. The first kappa shape index (κ1) is 14.9. The fraction of sp³-hybridized carbons (Fsp3) is 0. The Morgan fingerprint density at radius 3 is 1.57 bits per heavy atom. The monoisotopic (exact) mass is 300 g/mol. The zero-order chi connectivity index (χ0) is 15.3. The highest BCUT2D eigenvalue weighted by atomic mass is 32.2.